The fraction of sp³-hybridized carbons (Fsp3) is 0.733. The fourth-order valence-electron chi connectivity index (χ4n) is 3.06. The van der Waals surface area contributed by atoms with Crippen molar-refractivity contribution in [1.29, 1.82) is 0 Å². The minimum atomic E-state index is -0.639. The first kappa shape index (κ1) is 15.0. The molecule has 0 radical (unpaired) electrons. The molecule has 0 spiro atoms. The minimum absolute atomic E-state index is 0.362. The second-order valence-corrected chi connectivity index (χ2v) is 6.22. The van der Waals surface area contributed by atoms with Gasteiger partial charge in [0.1, 0.15) is 0 Å². The molecule has 20 heavy (non-hydrogen) atoms. The number of carboxylic acids is 1. The third kappa shape index (κ3) is 3.03. The summed E-state index contributed by atoms with van der Waals surface area (Å²) in [5.74, 6) is -0.639. The van der Waals surface area contributed by atoms with E-state index in [1.54, 1.807) is 0 Å². The van der Waals surface area contributed by atoms with Gasteiger partial charge in [0, 0.05) is 30.9 Å². The molecule has 2 heterocycles. The Balaban J connectivity index is 2.00. The Labute approximate surface area is 120 Å². The Bertz CT molecular complexity index is 469. The van der Waals surface area contributed by atoms with Gasteiger partial charge in [0.05, 0.1) is 11.6 Å². The molecule has 112 valence electrons. The summed E-state index contributed by atoms with van der Waals surface area (Å²) in [5, 5.41) is 13.9. The summed E-state index contributed by atoms with van der Waals surface area (Å²) in [4.78, 5) is 13.8. The van der Waals surface area contributed by atoms with E-state index in [4.69, 9.17) is 0 Å². The van der Waals surface area contributed by atoms with Crippen LogP contribution in [0.1, 0.15) is 51.6 Å². The maximum Gasteiger partial charge on any atom is 0.310 e. The quantitative estimate of drug-likeness (QED) is 0.869. The molecular weight excluding hydrogens is 254 g/mol. The van der Waals surface area contributed by atoms with Gasteiger partial charge in [-0.1, -0.05) is 13.3 Å². The van der Waals surface area contributed by atoms with E-state index in [1.165, 1.54) is 0 Å². The van der Waals surface area contributed by atoms with Crippen molar-refractivity contribution in [3.8, 4) is 0 Å². The van der Waals surface area contributed by atoms with Crippen molar-refractivity contribution in [3.05, 3.63) is 18.0 Å². The number of hydrogen-bond donors (Lipinski definition) is 1. The summed E-state index contributed by atoms with van der Waals surface area (Å²) >= 11 is 0. The van der Waals surface area contributed by atoms with Gasteiger partial charge in [0.25, 0.3) is 0 Å². The number of hydrogen-bond acceptors (Lipinski definition) is 3. The highest BCUT2D eigenvalue weighted by Crippen LogP contribution is 2.36. The first-order valence-corrected chi connectivity index (χ1v) is 7.45. The lowest BCUT2D eigenvalue weighted by molar-refractivity contribution is -0.148. The Morgan fingerprint density at radius 3 is 2.85 bits per heavy atom. The molecule has 2 rings (SSSR count). The number of nitrogens with zero attached hydrogens (tertiary/aromatic N) is 3. The summed E-state index contributed by atoms with van der Waals surface area (Å²) < 4.78 is 1.95. The lowest BCUT2D eigenvalue weighted by Crippen LogP contribution is -2.34. The summed E-state index contributed by atoms with van der Waals surface area (Å²) in [6.45, 7) is 8.57. The third-order valence-electron chi connectivity index (χ3n) is 4.21. The molecule has 0 amide bonds. The molecule has 5 heteroatoms. The van der Waals surface area contributed by atoms with E-state index in [-0.39, 0.29) is 0 Å². The monoisotopic (exact) mass is 279 g/mol. The van der Waals surface area contributed by atoms with Crippen molar-refractivity contribution in [1.82, 2.24) is 14.7 Å². The van der Waals surface area contributed by atoms with Crippen LogP contribution in [0.3, 0.4) is 0 Å². The number of carbonyl (C=O) groups is 1. The molecule has 0 saturated carbocycles. The molecule has 1 atom stereocenters. The maximum absolute atomic E-state index is 11.6. The van der Waals surface area contributed by atoms with Gasteiger partial charge in [-0.15, -0.1) is 0 Å². The zero-order valence-corrected chi connectivity index (χ0v) is 12.7. The highest BCUT2D eigenvalue weighted by atomic mass is 16.4. The molecule has 1 aromatic heterocycles. The van der Waals surface area contributed by atoms with E-state index in [9.17, 15) is 9.90 Å². The second kappa shape index (κ2) is 5.95. The van der Waals surface area contributed by atoms with Gasteiger partial charge in [0.2, 0.25) is 0 Å². The van der Waals surface area contributed by atoms with Gasteiger partial charge in [-0.3, -0.25) is 14.4 Å². The average Bonchev–Trinajstić information content (AvgIpc) is 2.98. The van der Waals surface area contributed by atoms with E-state index in [2.05, 4.69) is 37.0 Å². The zero-order valence-electron chi connectivity index (χ0n) is 12.7. The second-order valence-electron chi connectivity index (χ2n) is 6.22. The van der Waals surface area contributed by atoms with Crippen LogP contribution in [0.25, 0.3) is 0 Å². The fourth-order valence-corrected chi connectivity index (χ4v) is 3.06. The van der Waals surface area contributed by atoms with Gasteiger partial charge >= 0.3 is 5.97 Å². The number of aliphatic carboxylic acids is 1. The highest BCUT2D eigenvalue weighted by molar-refractivity contribution is 5.75. The molecule has 1 aliphatic heterocycles. The molecule has 5 nitrogen and oxygen atoms in total. The van der Waals surface area contributed by atoms with Crippen LogP contribution in [0, 0.1) is 5.41 Å². The van der Waals surface area contributed by atoms with Crippen molar-refractivity contribution in [3.63, 3.8) is 0 Å². The standard InChI is InChI=1S/C15H25N3O2/c1-4-5-15(14(19)20)6-7-17(11-15)9-13-8-16-18(10-13)12(2)3/h8,10,12H,4-7,9,11H2,1-3H3,(H,19,20). The van der Waals surface area contributed by atoms with Gasteiger partial charge in [-0.2, -0.15) is 5.10 Å². The van der Waals surface area contributed by atoms with Crippen molar-refractivity contribution in [2.45, 2.75) is 52.6 Å². The predicted octanol–water partition coefficient (Wildman–Crippen LogP) is 2.54. The molecule has 1 fully saturated rings. The smallest absolute Gasteiger partial charge is 0.310 e. The van der Waals surface area contributed by atoms with Crippen LogP contribution in [-0.2, 0) is 11.3 Å². The molecule has 1 saturated heterocycles. The average molecular weight is 279 g/mol. The molecule has 1 N–H and O–H groups in total. The summed E-state index contributed by atoms with van der Waals surface area (Å²) in [6, 6.07) is 0.362. The summed E-state index contributed by atoms with van der Waals surface area (Å²) in [5.41, 5.74) is 0.624. The lowest BCUT2D eigenvalue weighted by atomic mass is 9.83. The van der Waals surface area contributed by atoms with Gasteiger partial charge in [-0.05, 0) is 33.2 Å². The van der Waals surface area contributed by atoms with Crippen LogP contribution in [0.5, 0.6) is 0 Å². The summed E-state index contributed by atoms with van der Waals surface area (Å²) in [6.07, 6.45) is 6.40. The first-order valence-electron chi connectivity index (χ1n) is 7.45. The molecule has 1 unspecified atom stereocenters. The Kier molecular flexibility index (Phi) is 4.48. The van der Waals surface area contributed by atoms with E-state index < -0.39 is 11.4 Å². The Morgan fingerprint density at radius 2 is 2.30 bits per heavy atom. The SMILES string of the molecule is CCCC1(C(=O)O)CCN(Cc2cnn(C(C)C)c2)C1. The van der Waals surface area contributed by atoms with Crippen molar-refractivity contribution in [2.24, 2.45) is 5.41 Å². The lowest BCUT2D eigenvalue weighted by Gasteiger charge is -2.24. The molecular formula is C15H25N3O2. The predicted molar refractivity (Wildman–Crippen MR) is 77.5 cm³/mol. The van der Waals surface area contributed by atoms with E-state index in [0.29, 0.717) is 12.6 Å². The van der Waals surface area contributed by atoms with Crippen molar-refractivity contribution < 1.29 is 9.90 Å². The van der Waals surface area contributed by atoms with Crippen LogP contribution < -0.4 is 0 Å². The van der Waals surface area contributed by atoms with Crippen molar-refractivity contribution in [2.75, 3.05) is 13.1 Å². The Morgan fingerprint density at radius 1 is 1.55 bits per heavy atom. The number of rotatable bonds is 6. The van der Waals surface area contributed by atoms with Crippen LogP contribution >= 0.6 is 0 Å². The number of likely N-dealkylation sites (tertiary alicyclic amines) is 1. The van der Waals surface area contributed by atoms with Gasteiger partial charge < -0.3 is 5.11 Å². The summed E-state index contributed by atoms with van der Waals surface area (Å²) in [7, 11) is 0. The number of aromatic nitrogens is 2. The van der Waals surface area contributed by atoms with Crippen LogP contribution in [0.2, 0.25) is 0 Å². The maximum atomic E-state index is 11.6. The minimum Gasteiger partial charge on any atom is -0.481 e. The highest BCUT2D eigenvalue weighted by Gasteiger charge is 2.43. The Hall–Kier alpha value is -1.36. The van der Waals surface area contributed by atoms with Gasteiger partial charge in [-0.25, -0.2) is 0 Å². The largest absolute Gasteiger partial charge is 0.481 e. The molecule has 1 aliphatic rings. The van der Waals surface area contributed by atoms with E-state index >= 15 is 0 Å². The molecule has 1 aromatic rings. The molecule has 0 aliphatic carbocycles. The van der Waals surface area contributed by atoms with Crippen LogP contribution in [-0.4, -0.2) is 38.8 Å². The normalized spacial score (nSPS) is 23.6. The topological polar surface area (TPSA) is 58.4 Å². The zero-order chi connectivity index (χ0) is 14.8. The van der Waals surface area contributed by atoms with Crippen LogP contribution in [0.4, 0.5) is 0 Å². The molecule has 0 bridgehead atoms. The van der Waals surface area contributed by atoms with E-state index in [1.807, 2.05) is 10.9 Å². The van der Waals surface area contributed by atoms with Gasteiger partial charge in [0.15, 0.2) is 0 Å². The van der Waals surface area contributed by atoms with E-state index in [0.717, 1.165) is 37.9 Å². The van der Waals surface area contributed by atoms with Crippen LogP contribution in [0.15, 0.2) is 12.4 Å². The van der Waals surface area contributed by atoms with Crippen molar-refractivity contribution >= 4 is 5.97 Å². The molecule has 0 aromatic carbocycles. The first-order chi connectivity index (χ1) is 9.47. The third-order valence-corrected chi connectivity index (χ3v) is 4.21. The number of carboxylic acid groups (broad SMARTS) is 1.